The fraction of sp³-hybridized carbons (Fsp3) is 0.533. The average molecular weight is 247 g/mol. The number of carbonyl (C=O) groups excluding carboxylic acids is 1. The highest BCUT2D eigenvalue weighted by Gasteiger charge is 2.23. The summed E-state index contributed by atoms with van der Waals surface area (Å²) in [5.74, 6) is 0.910. The highest BCUT2D eigenvalue weighted by Crippen LogP contribution is 2.19. The lowest BCUT2D eigenvalue weighted by Crippen LogP contribution is -2.43. The summed E-state index contributed by atoms with van der Waals surface area (Å²) in [6.07, 6.45) is 3.06. The standard InChI is InChI=1S/C15H21NO2/c1-12-8-4-5-9-14(12)18-13(2)15(17)16-10-6-3-7-11-16/h4-5,8-9,13H,3,6-7,10-11H2,1-2H3/t13-/m1/s1. The summed E-state index contributed by atoms with van der Waals surface area (Å²) in [6, 6.07) is 7.81. The number of rotatable bonds is 3. The number of aryl methyl sites for hydroxylation is 1. The van der Waals surface area contributed by atoms with Crippen molar-refractivity contribution in [2.45, 2.75) is 39.2 Å². The molecule has 1 saturated heterocycles. The zero-order chi connectivity index (χ0) is 13.0. The van der Waals surface area contributed by atoms with Gasteiger partial charge in [0.2, 0.25) is 0 Å². The van der Waals surface area contributed by atoms with Crippen LogP contribution in [0.3, 0.4) is 0 Å². The molecule has 1 aliphatic rings. The maximum atomic E-state index is 12.2. The molecule has 0 spiro atoms. The van der Waals surface area contributed by atoms with Crippen molar-refractivity contribution in [3.05, 3.63) is 29.8 Å². The number of hydrogen-bond donors (Lipinski definition) is 0. The molecular formula is C15H21NO2. The maximum Gasteiger partial charge on any atom is 0.263 e. The third-order valence-corrected chi connectivity index (χ3v) is 3.41. The monoisotopic (exact) mass is 247 g/mol. The van der Waals surface area contributed by atoms with Gasteiger partial charge in [-0.2, -0.15) is 0 Å². The Morgan fingerprint density at radius 3 is 2.56 bits per heavy atom. The van der Waals surface area contributed by atoms with Crippen LogP contribution in [0.5, 0.6) is 5.75 Å². The third-order valence-electron chi connectivity index (χ3n) is 3.41. The van der Waals surface area contributed by atoms with E-state index in [1.807, 2.05) is 43.0 Å². The van der Waals surface area contributed by atoms with Crippen LogP contribution in [0.25, 0.3) is 0 Å². The van der Waals surface area contributed by atoms with Crippen LogP contribution in [0.15, 0.2) is 24.3 Å². The van der Waals surface area contributed by atoms with Crippen LogP contribution in [0.4, 0.5) is 0 Å². The molecule has 0 aliphatic carbocycles. The minimum absolute atomic E-state index is 0.109. The number of benzene rings is 1. The van der Waals surface area contributed by atoms with E-state index in [-0.39, 0.29) is 5.91 Å². The Balaban J connectivity index is 1.96. The van der Waals surface area contributed by atoms with Crippen LogP contribution >= 0.6 is 0 Å². The first kappa shape index (κ1) is 12.9. The van der Waals surface area contributed by atoms with E-state index in [1.165, 1.54) is 6.42 Å². The molecular weight excluding hydrogens is 226 g/mol. The Morgan fingerprint density at radius 1 is 1.22 bits per heavy atom. The van der Waals surface area contributed by atoms with Gasteiger partial charge in [-0.3, -0.25) is 4.79 Å². The van der Waals surface area contributed by atoms with Gasteiger partial charge in [0, 0.05) is 13.1 Å². The fourth-order valence-electron chi connectivity index (χ4n) is 2.30. The van der Waals surface area contributed by atoms with Crippen molar-refractivity contribution in [2.24, 2.45) is 0 Å². The van der Waals surface area contributed by atoms with Gasteiger partial charge in [-0.15, -0.1) is 0 Å². The molecule has 1 aromatic rings. The first-order valence-corrected chi connectivity index (χ1v) is 6.69. The van der Waals surface area contributed by atoms with Gasteiger partial charge in [0.15, 0.2) is 6.10 Å². The third kappa shape index (κ3) is 3.03. The molecule has 1 amide bonds. The van der Waals surface area contributed by atoms with Crippen LogP contribution < -0.4 is 4.74 Å². The molecule has 1 aliphatic heterocycles. The molecule has 0 unspecified atom stereocenters. The Bertz CT molecular complexity index is 411. The van der Waals surface area contributed by atoms with Crippen molar-refractivity contribution in [2.75, 3.05) is 13.1 Å². The first-order valence-electron chi connectivity index (χ1n) is 6.69. The summed E-state index contributed by atoms with van der Waals surface area (Å²) in [7, 11) is 0. The van der Waals surface area contributed by atoms with Crippen LogP contribution in [0, 0.1) is 6.92 Å². The summed E-state index contributed by atoms with van der Waals surface area (Å²) < 4.78 is 5.77. The van der Waals surface area contributed by atoms with Crippen LogP contribution in [0.1, 0.15) is 31.7 Å². The molecule has 1 atom stereocenters. The zero-order valence-electron chi connectivity index (χ0n) is 11.2. The van der Waals surface area contributed by atoms with Gasteiger partial charge >= 0.3 is 0 Å². The summed E-state index contributed by atoms with van der Waals surface area (Å²) in [5.41, 5.74) is 1.07. The molecule has 0 saturated carbocycles. The Hall–Kier alpha value is -1.51. The number of amides is 1. The van der Waals surface area contributed by atoms with Gasteiger partial charge in [-0.25, -0.2) is 0 Å². The highest BCUT2D eigenvalue weighted by molar-refractivity contribution is 5.81. The molecule has 98 valence electrons. The number of para-hydroxylation sites is 1. The van der Waals surface area contributed by atoms with Crippen molar-refractivity contribution in [1.82, 2.24) is 4.90 Å². The molecule has 0 bridgehead atoms. The second kappa shape index (κ2) is 5.89. The molecule has 0 N–H and O–H groups in total. The predicted molar refractivity (Wildman–Crippen MR) is 71.7 cm³/mol. The van der Waals surface area contributed by atoms with Gasteiger partial charge < -0.3 is 9.64 Å². The van der Waals surface area contributed by atoms with E-state index >= 15 is 0 Å². The summed E-state index contributed by atoms with van der Waals surface area (Å²) in [6.45, 7) is 5.58. The van der Waals surface area contributed by atoms with Gasteiger partial charge in [0.1, 0.15) is 5.75 Å². The summed E-state index contributed by atoms with van der Waals surface area (Å²) in [5, 5.41) is 0. The Kier molecular flexibility index (Phi) is 4.24. The number of hydrogen-bond acceptors (Lipinski definition) is 2. The number of likely N-dealkylation sites (tertiary alicyclic amines) is 1. The minimum Gasteiger partial charge on any atom is -0.481 e. The van der Waals surface area contributed by atoms with E-state index in [0.717, 1.165) is 37.2 Å². The van der Waals surface area contributed by atoms with Crippen LogP contribution in [-0.4, -0.2) is 30.0 Å². The number of ether oxygens (including phenoxy) is 1. The van der Waals surface area contributed by atoms with E-state index in [0.29, 0.717) is 0 Å². The van der Waals surface area contributed by atoms with E-state index < -0.39 is 6.10 Å². The fourth-order valence-corrected chi connectivity index (χ4v) is 2.30. The molecule has 1 heterocycles. The SMILES string of the molecule is Cc1ccccc1O[C@H](C)C(=O)N1CCCCC1. The Labute approximate surface area is 109 Å². The first-order chi connectivity index (χ1) is 8.68. The average Bonchev–Trinajstić information content (AvgIpc) is 2.41. The van der Waals surface area contributed by atoms with Gasteiger partial charge in [0.25, 0.3) is 5.91 Å². The van der Waals surface area contributed by atoms with Crippen molar-refractivity contribution >= 4 is 5.91 Å². The maximum absolute atomic E-state index is 12.2. The van der Waals surface area contributed by atoms with Crippen molar-refractivity contribution in [1.29, 1.82) is 0 Å². The molecule has 1 aromatic carbocycles. The largest absolute Gasteiger partial charge is 0.481 e. The van der Waals surface area contributed by atoms with Crippen molar-refractivity contribution in [3.63, 3.8) is 0 Å². The minimum atomic E-state index is -0.399. The smallest absolute Gasteiger partial charge is 0.263 e. The zero-order valence-corrected chi connectivity index (χ0v) is 11.2. The van der Waals surface area contributed by atoms with Crippen molar-refractivity contribution < 1.29 is 9.53 Å². The lowest BCUT2D eigenvalue weighted by molar-refractivity contribution is -0.138. The molecule has 3 heteroatoms. The molecule has 1 fully saturated rings. The normalized spacial score (nSPS) is 17.3. The quantitative estimate of drug-likeness (QED) is 0.822. The molecule has 18 heavy (non-hydrogen) atoms. The topological polar surface area (TPSA) is 29.5 Å². The van der Waals surface area contributed by atoms with Crippen LogP contribution in [0.2, 0.25) is 0 Å². The number of carbonyl (C=O) groups is 1. The Morgan fingerprint density at radius 2 is 1.89 bits per heavy atom. The second-order valence-corrected chi connectivity index (χ2v) is 4.91. The number of piperidine rings is 1. The molecule has 3 nitrogen and oxygen atoms in total. The van der Waals surface area contributed by atoms with E-state index in [9.17, 15) is 4.79 Å². The molecule has 0 aromatic heterocycles. The van der Waals surface area contributed by atoms with Gasteiger partial charge in [-0.05, 0) is 44.7 Å². The van der Waals surface area contributed by atoms with Crippen LogP contribution in [-0.2, 0) is 4.79 Å². The van der Waals surface area contributed by atoms with E-state index in [4.69, 9.17) is 4.74 Å². The van der Waals surface area contributed by atoms with Gasteiger partial charge in [0.05, 0.1) is 0 Å². The second-order valence-electron chi connectivity index (χ2n) is 4.91. The highest BCUT2D eigenvalue weighted by atomic mass is 16.5. The van der Waals surface area contributed by atoms with Crippen molar-refractivity contribution in [3.8, 4) is 5.75 Å². The molecule has 2 rings (SSSR count). The van der Waals surface area contributed by atoms with E-state index in [1.54, 1.807) is 0 Å². The lowest BCUT2D eigenvalue weighted by atomic mass is 10.1. The summed E-state index contributed by atoms with van der Waals surface area (Å²) >= 11 is 0. The number of nitrogens with zero attached hydrogens (tertiary/aromatic N) is 1. The van der Waals surface area contributed by atoms with E-state index in [2.05, 4.69) is 0 Å². The lowest BCUT2D eigenvalue weighted by Gasteiger charge is -2.29. The predicted octanol–water partition coefficient (Wildman–Crippen LogP) is 2.77. The molecule has 0 radical (unpaired) electrons. The van der Waals surface area contributed by atoms with Gasteiger partial charge in [-0.1, -0.05) is 18.2 Å². The summed E-state index contributed by atoms with van der Waals surface area (Å²) in [4.78, 5) is 14.1.